The van der Waals surface area contributed by atoms with Gasteiger partial charge in [0.15, 0.2) is 0 Å². The van der Waals surface area contributed by atoms with Crippen LogP contribution in [-0.2, 0) is 16.2 Å². The van der Waals surface area contributed by atoms with Gasteiger partial charge in [0.05, 0.1) is 4.91 Å². The molecule has 6 nitrogen and oxygen atoms in total. The normalized spacial score (nSPS) is 14.5. The van der Waals surface area contributed by atoms with E-state index in [2.05, 4.69) is 27.9 Å². The quantitative estimate of drug-likeness (QED) is 0.226. The highest BCUT2D eigenvalue weighted by Crippen LogP contribution is 2.33. The van der Waals surface area contributed by atoms with Gasteiger partial charge in [-0.05, 0) is 94.5 Å². The molecule has 4 rings (SSSR count). The fourth-order valence-electron chi connectivity index (χ4n) is 3.16. The summed E-state index contributed by atoms with van der Waals surface area (Å²) in [5.41, 5.74) is 2.05. The SMILES string of the molecule is O=C(CN1C(=O)S/C(=C\c2cccc(OCc3ccc(Cl)cc3Cl)c2)C1=O)Nc1ccc(I)cc1. The van der Waals surface area contributed by atoms with Gasteiger partial charge in [0.1, 0.15) is 18.9 Å². The van der Waals surface area contributed by atoms with Gasteiger partial charge in [-0.2, -0.15) is 0 Å². The standard InChI is InChI=1S/C25H17Cl2IN2O4S/c26-17-5-4-16(21(27)12-17)14-34-20-3-1-2-15(10-20)11-22-24(32)30(25(33)35-22)13-23(31)29-19-8-6-18(28)7-9-19/h1-12H,13-14H2,(H,29,31)/b22-11-. The van der Waals surface area contributed by atoms with Crippen LogP contribution in [-0.4, -0.2) is 28.5 Å². The molecule has 35 heavy (non-hydrogen) atoms. The molecule has 0 aromatic heterocycles. The molecule has 178 valence electrons. The first-order chi connectivity index (χ1) is 16.8. The Bertz CT molecular complexity index is 1330. The zero-order chi connectivity index (χ0) is 24.9. The molecule has 10 heteroatoms. The van der Waals surface area contributed by atoms with Crippen LogP contribution in [0.1, 0.15) is 11.1 Å². The van der Waals surface area contributed by atoms with E-state index in [4.69, 9.17) is 27.9 Å². The second-order valence-corrected chi connectivity index (χ2v) is 10.5. The molecule has 0 saturated carbocycles. The number of hydrogen-bond acceptors (Lipinski definition) is 5. The molecule has 0 bridgehead atoms. The first-order valence-corrected chi connectivity index (χ1v) is 12.9. The molecule has 0 radical (unpaired) electrons. The van der Waals surface area contributed by atoms with Crippen molar-refractivity contribution in [3.05, 3.63) is 96.4 Å². The van der Waals surface area contributed by atoms with Gasteiger partial charge >= 0.3 is 0 Å². The van der Waals surface area contributed by atoms with Gasteiger partial charge in [0, 0.05) is 24.9 Å². The van der Waals surface area contributed by atoms with Gasteiger partial charge < -0.3 is 10.1 Å². The number of nitrogens with one attached hydrogen (secondary N) is 1. The third-order valence-electron chi connectivity index (χ3n) is 4.87. The Labute approximate surface area is 229 Å². The molecule has 0 atom stereocenters. The van der Waals surface area contributed by atoms with Crippen molar-refractivity contribution in [3.63, 3.8) is 0 Å². The minimum Gasteiger partial charge on any atom is -0.489 e. The Morgan fingerprint density at radius 2 is 1.83 bits per heavy atom. The number of hydrogen-bond donors (Lipinski definition) is 1. The lowest BCUT2D eigenvalue weighted by Crippen LogP contribution is -2.36. The molecule has 3 aromatic rings. The Morgan fingerprint density at radius 1 is 1.06 bits per heavy atom. The lowest BCUT2D eigenvalue weighted by atomic mass is 10.2. The maximum Gasteiger partial charge on any atom is 0.294 e. The van der Waals surface area contributed by atoms with E-state index >= 15 is 0 Å². The van der Waals surface area contributed by atoms with E-state index in [1.807, 2.05) is 12.1 Å². The molecule has 1 fully saturated rings. The molecule has 0 unspecified atom stereocenters. The Morgan fingerprint density at radius 3 is 2.57 bits per heavy atom. The van der Waals surface area contributed by atoms with E-state index in [-0.39, 0.29) is 18.1 Å². The summed E-state index contributed by atoms with van der Waals surface area (Å²) in [5.74, 6) is -0.399. The lowest BCUT2D eigenvalue weighted by molar-refractivity contribution is -0.127. The van der Waals surface area contributed by atoms with Crippen LogP contribution in [0.25, 0.3) is 6.08 Å². The molecule has 1 aliphatic heterocycles. The first kappa shape index (κ1) is 25.6. The molecular weight excluding hydrogens is 622 g/mol. The van der Waals surface area contributed by atoms with Crippen LogP contribution in [0.4, 0.5) is 10.5 Å². The van der Waals surface area contributed by atoms with Crippen molar-refractivity contribution < 1.29 is 19.1 Å². The predicted molar refractivity (Wildman–Crippen MR) is 148 cm³/mol. The van der Waals surface area contributed by atoms with Crippen molar-refractivity contribution >= 4 is 86.4 Å². The Hall–Kier alpha value is -2.53. The summed E-state index contributed by atoms with van der Waals surface area (Å²) in [5, 5.41) is 3.25. The number of rotatable bonds is 7. The molecule has 1 N–H and O–H groups in total. The smallest absolute Gasteiger partial charge is 0.294 e. The fourth-order valence-corrected chi connectivity index (χ4v) is 4.82. The van der Waals surface area contributed by atoms with Crippen LogP contribution in [0.3, 0.4) is 0 Å². The highest BCUT2D eigenvalue weighted by Gasteiger charge is 2.36. The molecule has 1 saturated heterocycles. The van der Waals surface area contributed by atoms with Gasteiger partial charge in [0.2, 0.25) is 5.91 Å². The van der Waals surface area contributed by atoms with Gasteiger partial charge in [-0.3, -0.25) is 19.3 Å². The van der Waals surface area contributed by atoms with E-state index < -0.39 is 17.1 Å². The number of nitrogens with zero attached hydrogens (tertiary/aromatic N) is 1. The van der Waals surface area contributed by atoms with Crippen molar-refractivity contribution in [1.29, 1.82) is 0 Å². The zero-order valence-electron chi connectivity index (χ0n) is 18.0. The maximum absolute atomic E-state index is 12.8. The minimum atomic E-state index is -0.517. The highest BCUT2D eigenvalue weighted by molar-refractivity contribution is 14.1. The molecule has 3 amide bonds. The number of benzene rings is 3. The second kappa shape index (κ2) is 11.5. The topological polar surface area (TPSA) is 75.7 Å². The largest absolute Gasteiger partial charge is 0.489 e. The first-order valence-electron chi connectivity index (χ1n) is 10.3. The fraction of sp³-hybridized carbons (Fsp3) is 0.0800. The number of thioether (sulfide) groups is 1. The van der Waals surface area contributed by atoms with Crippen LogP contribution in [0.2, 0.25) is 10.0 Å². The van der Waals surface area contributed by atoms with Gasteiger partial charge in [-0.15, -0.1) is 0 Å². The van der Waals surface area contributed by atoms with Crippen molar-refractivity contribution in [2.45, 2.75) is 6.61 Å². The van der Waals surface area contributed by atoms with Crippen LogP contribution < -0.4 is 10.1 Å². The van der Waals surface area contributed by atoms with Crippen LogP contribution >= 0.6 is 57.6 Å². The molecule has 1 heterocycles. The average Bonchev–Trinajstić information content (AvgIpc) is 3.07. The third-order valence-corrected chi connectivity index (χ3v) is 7.08. The minimum absolute atomic E-state index is 0.231. The number of carbonyl (C=O) groups excluding carboxylic acids is 3. The molecular formula is C25H17Cl2IN2O4S. The van der Waals surface area contributed by atoms with Crippen LogP contribution in [0.15, 0.2) is 71.6 Å². The maximum atomic E-state index is 12.8. The summed E-state index contributed by atoms with van der Waals surface area (Å²) in [6.07, 6.45) is 1.60. The summed E-state index contributed by atoms with van der Waals surface area (Å²) in [4.78, 5) is 38.7. The molecule has 0 aliphatic carbocycles. The summed E-state index contributed by atoms with van der Waals surface area (Å²) < 4.78 is 6.85. The van der Waals surface area contributed by atoms with E-state index in [1.54, 1.807) is 60.7 Å². The lowest BCUT2D eigenvalue weighted by Gasteiger charge is -2.12. The number of anilines is 1. The van der Waals surface area contributed by atoms with Crippen molar-refractivity contribution in [2.24, 2.45) is 0 Å². The summed E-state index contributed by atoms with van der Waals surface area (Å²) >= 11 is 15.1. The predicted octanol–water partition coefficient (Wildman–Crippen LogP) is 6.85. The van der Waals surface area contributed by atoms with E-state index in [0.717, 1.165) is 25.8 Å². The van der Waals surface area contributed by atoms with Gasteiger partial charge in [-0.1, -0.05) is 41.4 Å². The second-order valence-electron chi connectivity index (χ2n) is 7.42. The van der Waals surface area contributed by atoms with Crippen molar-refractivity contribution in [1.82, 2.24) is 4.90 Å². The number of halogens is 3. The van der Waals surface area contributed by atoms with Crippen LogP contribution in [0, 0.1) is 3.57 Å². The molecule has 0 spiro atoms. The summed E-state index contributed by atoms with van der Waals surface area (Å²) in [7, 11) is 0. The summed E-state index contributed by atoms with van der Waals surface area (Å²) in [6, 6.07) is 19.5. The number of amides is 3. The van der Waals surface area contributed by atoms with Crippen molar-refractivity contribution in [2.75, 3.05) is 11.9 Å². The van der Waals surface area contributed by atoms with Gasteiger partial charge in [-0.25, -0.2) is 0 Å². The number of ether oxygens (including phenoxy) is 1. The van der Waals surface area contributed by atoms with Crippen molar-refractivity contribution in [3.8, 4) is 5.75 Å². The molecule has 3 aromatic carbocycles. The molecule has 1 aliphatic rings. The third kappa shape index (κ3) is 6.78. The van der Waals surface area contributed by atoms with E-state index in [9.17, 15) is 14.4 Å². The Kier molecular flexibility index (Phi) is 8.38. The number of imide groups is 1. The van der Waals surface area contributed by atoms with Gasteiger partial charge in [0.25, 0.3) is 11.1 Å². The monoisotopic (exact) mass is 638 g/mol. The number of carbonyl (C=O) groups is 3. The van der Waals surface area contributed by atoms with Crippen LogP contribution in [0.5, 0.6) is 5.75 Å². The van der Waals surface area contributed by atoms with E-state index in [0.29, 0.717) is 27.0 Å². The Balaban J connectivity index is 1.40. The average molecular weight is 639 g/mol. The zero-order valence-corrected chi connectivity index (χ0v) is 22.5. The summed E-state index contributed by atoms with van der Waals surface area (Å²) in [6.45, 7) is -0.120. The highest BCUT2D eigenvalue weighted by atomic mass is 127. The van der Waals surface area contributed by atoms with E-state index in [1.165, 1.54) is 0 Å².